The molecule has 0 spiro atoms. The zero-order chi connectivity index (χ0) is 25.4. The van der Waals surface area contributed by atoms with Gasteiger partial charge < -0.3 is 30.0 Å². The monoisotopic (exact) mass is 484 g/mol. The number of alkyl carbamates (subject to hydrolysis) is 1. The number of rotatable bonds is 7. The van der Waals surface area contributed by atoms with Crippen LogP contribution in [0.4, 0.5) is 10.5 Å². The first kappa shape index (κ1) is 25.8. The van der Waals surface area contributed by atoms with Crippen LogP contribution in [-0.4, -0.2) is 60.5 Å². The van der Waals surface area contributed by atoms with Gasteiger partial charge in [-0.2, -0.15) is 0 Å². The molecule has 0 bridgehead atoms. The normalized spacial score (nSPS) is 15.7. The first-order chi connectivity index (χ1) is 16.6. The maximum absolute atomic E-state index is 13.0. The van der Waals surface area contributed by atoms with E-state index in [9.17, 15) is 19.2 Å². The molecule has 0 aliphatic carbocycles. The number of piperidine rings is 1. The number of nitrogens with one attached hydrogen (secondary N) is 3. The Morgan fingerprint density at radius 1 is 1.06 bits per heavy atom. The van der Waals surface area contributed by atoms with Crippen LogP contribution in [0, 0.1) is 5.92 Å². The van der Waals surface area contributed by atoms with Gasteiger partial charge in [0.05, 0.1) is 12.2 Å². The molecule has 1 atom stereocenters. The number of nitrogens with zero attached hydrogens (tertiary/aromatic N) is 1. The molecule has 4 amide bonds. The molecule has 1 aliphatic rings. The van der Waals surface area contributed by atoms with Gasteiger partial charge in [0.15, 0.2) is 5.76 Å². The lowest BCUT2D eigenvalue weighted by Gasteiger charge is -2.32. The molecule has 1 saturated heterocycles. The molecule has 1 unspecified atom stereocenters. The fourth-order valence-corrected chi connectivity index (χ4v) is 3.66. The van der Waals surface area contributed by atoms with Gasteiger partial charge in [0.2, 0.25) is 5.91 Å². The Hall–Kier alpha value is -3.82. The van der Waals surface area contributed by atoms with Crippen molar-refractivity contribution < 1.29 is 28.3 Å². The Labute approximate surface area is 204 Å². The number of benzene rings is 1. The number of carbonyl (C=O) groups excluding carboxylic acids is 4. The summed E-state index contributed by atoms with van der Waals surface area (Å²) in [4.78, 5) is 51.0. The molecule has 10 nitrogen and oxygen atoms in total. The van der Waals surface area contributed by atoms with Crippen LogP contribution in [0.2, 0.25) is 0 Å². The van der Waals surface area contributed by atoms with E-state index in [0.29, 0.717) is 30.8 Å². The number of hydrogen-bond donors (Lipinski definition) is 3. The van der Waals surface area contributed by atoms with E-state index in [-0.39, 0.29) is 42.5 Å². The van der Waals surface area contributed by atoms with E-state index in [4.69, 9.17) is 9.15 Å². The van der Waals surface area contributed by atoms with Crippen molar-refractivity contribution in [3.8, 4) is 0 Å². The molecule has 188 valence electrons. The second-order valence-electron chi connectivity index (χ2n) is 9.32. The first-order valence-electron chi connectivity index (χ1n) is 11.6. The number of carbonyl (C=O) groups is 4. The van der Waals surface area contributed by atoms with E-state index < -0.39 is 11.7 Å². The number of furan rings is 1. The third-order valence-corrected chi connectivity index (χ3v) is 5.31. The van der Waals surface area contributed by atoms with E-state index in [1.165, 1.54) is 6.26 Å². The van der Waals surface area contributed by atoms with Crippen LogP contribution in [0.5, 0.6) is 0 Å². The highest BCUT2D eigenvalue weighted by Crippen LogP contribution is 2.20. The molecule has 1 aliphatic heterocycles. The van der Waals surface area contributed by atoms with Gasteiger partial charge in [-0.05, 0) is 70.0 Å². The van der Waals surface area contributed by atoms with Gasteiger partial charge in [-0.1, -0.05) is 0 Å². The van der Waals surface area contributed by atoms with Gasteiger partial charge in [0.25, 0.3) is 11.8 Å². The van der Waals surface area contributed by atoms with Crippen molar-refractivity contribution in [3.05, 3.63) is 54.0 Å². The molecule has 2 aromatic rings. The fourth-order valence-electron chi connectivity index (χ4n) is 3.66. The van der Waals surface area contributed by atoms with Crippen molar-refractivity contribution >= 4 is 29.5 Å². The highest BCUT2D eigenvalue weighted by Gasteiger charge is 2.29. The minimum atomic E-state index is -0.584. The highest BCUT2D eigenvalue weighted by atomic mass is 16.6. The summed E-state index contributed by atoms with van der Waals surface area (Å²) >= 11 is 0. The van der Waals surface area contributed by atoms with Crippen LogP contribution < -0.4 is 16.0 Å². The van der Waals surface area contributed by atoms with E-state index in [2.05, 4.69) is 16.0 Å². The predicted octanol–water partition coefficient (Wildman–Crippen LogP) is 3.03. The molecule has 35 heavy (non-hydrogen) atoms. The van der Waals surface area contributed by atoms with Crippen molar-refractivity contribution in [2.75, 3.05) is 31.5 Å². The highest BCUT2D eigenvalue weighted by molar-refractivity contribution is 6.02. The summed E-state index contributed by atoms with van der Waals surface area (Å²) in [6, 6.07) is 9.79. The number of anilines is 1. The van der Waals surface area contributed by atoms with Crippen molar-refractivity contribution in [1.29, 1.82) is 0 Å². The quantitative estimate of drug-likeness (QED) is 0.518. The van der Waals surface area contributed by atoms with Crippen molar-refractivity contribution in [2.24, 2.45) is 5.92 Å². The lowest BCUT2D eigenvalue weighted by molar-refractivity contribution is -0.126. The molecule has 1 aromatic carbocycles. The third-order valence-electron chi connectivity index (χ3n) is 5.31. The molecule has 1 fully saturated rings. The SMILES string of the molecule is CC(C)(C)OC(=O)NCCNC(=O)C1CCCN(C(=O)c2ccc(NC(=O)c3ccco3)cc2)C1. The van der Waals surface area contributed by atoms with Crippen molar-refractivity contribution in [2.45, 2.75) is 39.2 Å². The number of ether oxygens (including phenoxy) is 1. The van der Waals surface area contributed by atoms with Gasteiger partial charge in [-0.3, -0.25) is 14.4 Å². The zero-order valence-electron chi connectivity index (χ0n) is 20.3. The molecule has 10 heteroatoms. The lowest BCUT2D eigenvalue weighted by atomic mass is 9.96. The molecule has 3 N–H and O–H groups in total. The predicted molar refractivity (Wildman–Crippen MR) is 129 cm³/mol. The number of amides is 4. The minimum absolute atomic E-state index is 0.149. The van der Waals surface area contributed by atoms with Crippen LogP contribution in [0.3, 0.4) is 0 Å². The van der Waals surface area contributed by atoms with Crippen LogP contribution in [0.1, 0.15) is 54.5 Å². The number of hydrogen-bond acceptors (Lipinski definition) is 6. The summed E-state index contributed by atoms with van der Waals surface area (Å²) in [5.74, 6) is -0.813. The fraction of sp³-hybridized carbons (Fsp3) is 0.440. The molecule has 0 saturated carbocycles. The topological polar surface area (TPSA) is 130 Å². The molecule has 1 aromatic heterocycles. The summed E-state index contributed by atoms with van der Waals surface area (Å²) in [5, 5.41) is 8.12. The van der Waals surface area contributed by atoms with Crippen LogP contribution in [0.15, 0.2) is 47.1 Å². The van der Waals surface area contributed by atoms with Crippen LogP contribution in [-0.2, 0) is 9.53 Å². The van der Waals surface area contributed by atoms with Gasteiger partial charge >= 0.3 is 6.09 Å². The second-order valence-corrected chi connectivity index (χ2v) is 9.32. The van der Waals surface area contributed by atoms with Gasteiger partial charge in [-0.25, -0.2) is 4.79 Å². The Kier molecular flexibility index (Phi) is 8.51. The second kappa shape index (κ2) is 11.5. The van der Waals surface area contributed by atoms with E-state index in [1.54, 1.807) is 62.1 Å². The Morgan fingerprint density at radius 2 is 1.77 bits per heavy atom. The summed E-state index contributed by atoms with van der Waals surface area (Å²) < 4.78 is 10.2. The average Bonchev–Trinajstić information content (AvgIpc) is 3.36. The largest absolute Gasteiger partial charge is 0.459 e. The molecule has 3 rings (SSSR count). The van der Waals surface area contributed by atoms with Gasteiger partial charge in [-0.15, -0.1) is 0 Å². The Morgan fingerprint density at radius 3 is 2.43 bits per heavy atom. The van der Waals surface area contributed by atoms with E-state index >= 15 is 0 Å². The molecule has 0 radical (unpaired) electrons. The average molecular weight is 485 g/mol. The molecular weight excluding hydrogens is 452 g/mol. The first-order valence-corrected chi connectivity index (χ1v) is 11.6. The standard InChI is InChI=1S/C25H32N4O6/c1-25(2,3)35-24(33)27-13-12-26-21(30)18-6-4-14-29(16-18)23(32)17-8-10-19(11-9-17)28-22(31)20-7-5-15-34-20/h5,7-11,15,18H,4,6,12-14,16H2,1-3H3,(H,26,30)(H,27,33)(H,28,31). The van der Waals surface area contributed by atoms with Crippen LogP contribution >= 0.6 is 0 Å². The summed E-state index contributed by atoms with van der Waals surface area (Å²) in [7, 11) is 0. The maximum atomic E-state index is 13.0. The summed E-state index contributed by atoms with van der Waals surface area (Å²) in [5.41, 5.74) is 0.432. The van der Waals surface area contributed by atoms with Crippen molar-refractivity contribution in [1.82, 2.24) is 15.5 Å². The summed E-state index contributed by atoms with van der Waals surface area (Å²) in [6.07, 6.45) is 2.29. The zero-order valence-corrected chi connectivity index (χ0v) is 20.3. The number of likely N-dealkylation sites (tertiary alicyclic amines) is 1. The third kappa shape index (κ3) is 7.87. The molecular formula is C25H32N4O6. The van der Waals surface area contributed by atoms with E-state index in [0.717, 1.165) is 6.42 Å². The van der Waals surface area contributed by atoms with Gasteiger partial charge in [0, 0.05) is 37.4 Å². The molecule has 2 heterocycles. The van der Waals surface area contributed by atoms with E-state index in [1.807, 2.05) is 0 Å². The van der Waals surface area contributed by atoms with Crippen LogP contribution in [0.25, 0.3) is 0 Å². The summed E-state index contributed by atoms with van der Waals surface area (Å²) in [6.45, 7) is 6.74. The van der Waals surface area contributed by atoms with Crippen molar-refractivity contribution in [3.63, 3.8) is 0 Å². The maximum Gasteiger partial charge on any atom is 0.407 e. The Balaban J connectivity index is 1.45. The lowest BCUT2D eigenvalue weighted by Crippen LogP contribution is -2.46. The van der Waals surface area contributed by atoms with Gasteiger partial charge in [0.1, 0.15) is 5.60 Å². The smallest absolute Gasteiger partial charge is 0.407 e. The Bertz CT molecular complexity index is 1030. The minimum Gasteiger partial charge on any atom is -0.459 e.